The maximum atomic E-state index is 5.63. The molecule has 1 aliphatic carbocycles. The topological polar surface area (TPSA) is 21.3 Å². The minimum absolute atomic E-state index is 0.690. The second-order valence-corrected chi connectivity index (χ2v) is 6.52. The summed E-state index contributed by atoms with van der Waals surface area (Å²) in [5.74, 6) is 1.50. The van der Waals surface area contributed by atoms with E-state index in [1.165, 1.54) is 30.4 Å². The van der Waals surface area contributed by atoms with E-state index in [1.54, 1.807) is 0 Å². The largest absolute Gasteiger partial charge is 0.380 e. The fraction of sp³-hybridized carbons (Fsp3) is 0.667. The Hall–Kier alpha value is -0.860. The van der Waals surface area contributed by atoms with Gasteiger partial charge < -0.3 is 10.1 Å². The third-order valence-electron chi connectivity index (χ3n) is 4.21. The van der Waals surface area contributed by atoms with E-state index in [0.29, 0.717) is 6.04 Å². The average Bonchev–Trinajstić information content (AvgIpc) is 2.37. The maximum absolute atomic E-state index is 5.63. The van der Waals surface area contributed by atoms with E-state index in [2.05, 4.69) is 50.4 Å². The molecule has 2 rings (SSSR count). The molecule has 2 heteroatoms. The summed E-state index contributed by atoms with van der Waals surface area (Å²) in [5, 5.41) is 3.59. The fourth-order valence-electron chi connectivity index (χ4n) is 2.65. The van der Waals surface area contributed by atoms with Gasteiger partial charge in [-0.1, -0.05) is 43.7 Å². The predicted molar refractivity (Wildman–Crippen MR) is 85.2 cm³/mol. The quantitative estimate of drug-likeness (QED) is 0.727. The molecule has 0 aliphatic heterocycles. The Morgan fingerprint density at radius 2 is 1.85 bits per heavy atom. The van der Waals surface area contributed by atoms with Crippen LogP contribution in [0.1, 0.15) is 50.2 Å². The molecule has 0 heterocycles. The molecule has 1 saturated carbocycles. The summed E-state index contributed by atoms with van der Waals surface area (Å²) >= 11 is 0. The monoisotopic (exact) mass is 275 g/mol. The van der Waals surface area contributed by atoms with Crippen molar-refractivity contribution in [3.8, 4) is 0 Å². The molecule has 1 N–H and O–H groups in total. The predicted octanol–water partition coefficient (Wildman–Crippen LogP) is 3.89. The lowest BCUT2D eigenvalue weighted by molar-refractivity contribution is 0.119. The summed E-state index contributed by atoms with van der Waals surface area (Å²) in [6, 6.07) is 9.70. The number of aryl methyl sites for hydroxylation is 1. The number of hydrogen-bond donors (Lipinski definition) is 1. The van der Waals surface area contributed by atoms with Crippen LogP contribution in [-0.4, -0.2) is 25.8 Å². The molecule has 0 spiro atoms. The molecule has 0 aromatic heterocycles. The molecule has 0 atom stereocenters. The molecular formula is C18H29NO. The molecule has 0 saturated heterocycles. The van der Waals surface area contributed by atoms with Gasteiger partial charge in [-0.05, 0) is 43.6 Å². The summed E-state index contributed by atoms with van der Waals surface area (Å²) < 4.78 is 5.63. The van der Waals surface area contributed by atoms with Gasteiger partial charge in [-0.3, -0.25) is 0 Å². The van der Waals surface area contributed by atoms with Crippen LogP contribution in [0.15, 0.2) is 24.3 Å². The number of benzene rings is 1. The smallest absolute Gasteiger partial charge is 0.0591 e. The van der Waals surface area contributed by atoms with Gasteiger partial charge in [0.1, 0.15) is 0 Å². The van der Waals surface area contributed by atoms with Crippen LogP contribution in [0.3, 0.4) is 0 Å². The zero-order chi connectivity index (χ0) is 14.4. The van der Waals surface area contributed by atoms with Gasteiger partial charge in [0.05, 0.1) is 6.61 Å². The first kappa shape index (κ1) is 15.5. The van der Waals surface area contributed by atoms with Crippen molar-refractivity contribution in [1.82, 2.24) is 5.32 Å². The first-order valence-corrected chi connectivity index (χ1v) is 8.03. The molecule has 112 valence electrons. The highest BCUT2D eigenvalue weighted by atomic mass is 16.5. The minimum Gasteiger partial charge on any atom is -0.380 e. The van der Waals surface area contributed by atoms with Crippen molar-refractivity contribution in [2.24, 2.45) is 5.92 Å². The van der Waals surface area contributed by atoms with Gasteiger partial charge in [0.2, 0.25) is 0 Å². The van der Waals surface area contributed by atoms with E-state index in [1.807, 2.05) is 0 Å². The Labute approximate surface area is 123 Å². The van der Waals surface area contributed by atoms with Crippen LogP contribution < -0.4 is 5.32 Å². The number of nitrogens with one attached hydrogen (secondary N) is 1. The van der Waals surface area contributed by atoms with Crippen molar-refractivity contribution >= 4 is 0 Å². The van der Waals surface area contributed by atoms with Gasteiger partial charge >= 0.3 is 0 Å². The van der Waals surface area contributed by atoms with E-state index >= 15 is 0 Å². The fourth-order valence-corrected chi connectivity index (χ4v) is 2.65. The van der Waals surface area contributed by atoms with Gasteiger partial charge in [0.15, 0.2) is 0 Å². The van der Waals surface area contributed by atoms with Crippen molar-refractivity contribution in [1.29, 1.82) is 0 Å². The van der Waals surface area contributed by atoms with Crippen molar-refractivity contribution < 1.29 is 4.74 Å². The lowest BCUT2D eigenvalue weighted by Crippen LogP contribution is -2.41. The van der Waals surface area contributed by atoms with Crippen LogP contribution in [0.5, 0.6) is 0 Å². The first-order valence-electron chi connectivity index (χ1n) is 8.03. The van der Waals surface area contributed by atoms with E-state index in [4.69, 9.17) is 4.74 Å². The molecular weight excluding hydrogens is 246 g/mol. The second-order valence-electron chi connectivity index (χ2n) is 6.52. The molecule has 1 fully saturated rings. The van der Waals surface area contributed by atoms with Crippen LogP contribution >= 0.6 is 0 Å². The zero-order valence-electron chi connectivity index (χ0n) is 13.2. The Bertz CT molecular complexity index is 379. The first-order chi connectivity index (χ1) is 9.65. The van der Waals surface area contributed by atoms with Crippen LogP contribution in [0.25, 0.3) is 0 Å². The molecule has 0 radical (unpaired) electrons. The van der Waals surface area contributed by atoms with Crippen molar-refractivity contribution in [2.45, 2.75) is 52.0 Å². The Kier molecular flexibility index (Phi) is 6.06. The lowest BCUT2D eigenvalue weighted by atomic mass is 9.76. The molecule has 1 aromatic carbocycles. The highest BCUT2D eigenvalue weighted by Gasteiger charge is 2.29. The van der Waals surface area contributed by atoms with Gasteiger partial charge in [-0.2, -0.15) is 0 Å². The average molecular weight is 275 g/mol. The maximum Gasteiger partial charge on any atom is 0.0591 e. The SMILES string of the molecule is Cc1ccc(C2CC(NCCOCCC(C)C)C2)cc1. The van der Waals surface area contributed by atoms with Crippen LogP contribution in [0, 0.1) is 12.8 Å². The Balaban J connectivity index is 1.52. The number of hydrogen-bond acceptors (Lipinski definition) is 2. The molecule has 1 aliphatic rings. The summed E-state index contributed by atoms with van der Waals surface area (Å²) in [7, 11) is 0. The van der Waals surface area contributed by atoms with Gasteiger partial charge in [-0.25, -0.2) is 0 Å². The zero-order valence-corrected chi connectivity index (χ0v) is 13.2. The summed E-state index contributed by atoms with van der Waals surface area (Å²) in [4.78, 5) is 0. The van der Waals surface area contributed by atoms with E-state index in [-0.39, 0.29) is 0 Å². The number of rotatable bonds is 8. The lowest BCUT2D eigenvalue weighted by Gasteiger charge is -2.36. The third kappa shape index (κ3) is 4.92. The molecule has 0 unspecified atom stereocenters. The standard InChI is InChI=1S/C18H29NO/c1-14(2)8-10-20-11-9-19-18-12-17(13-18)16-6-4-15(3)5-7-16/h4-7,14,17-19H,8-13H2,1-3H3. The Morgan fingerprint density at radius 3 is 2.50 bits per heavy atom. The van der Waals surface area contributed by atoms with Crippen LogP contribution in [-0.2, 0) is 4.74 Å². The van der Waals surface area contributed by atoms with E-state index in [0.717, 1.165) is 31.6 Å². The number of ether oxygens (including phenoxy) is 1. The molecule has 1 aromatic rings. The third-order valence-corrected chi connectivity index (χ3v) is 4.21. The molecule has 20 heavy (non-hydrogen) atoms. The highest BCUT2D eigenvalue weighted by Crippen LogP contribution is 2.36. The summed E-state index contributed by atoms with van der Waals surface area (Å²) in [5.41, 5.74) is 2.85. The van der Waals surface area contributed by atoms with Gasteiger partial charge in [0, 0.05) is 19.2 Å². The van der Waals surface area contributed by atoms with Gasteiger partial charge in [-0.15, -0.1) is 0 Å². The minimum atomic E-state index is 0.690. The van der Waals surface area contributed by atoms with E-state index < -0.39 is 0 Å². The van der Waals surface area contributed by atoms with Crippen molar-refractivity contribution in [3.05, 3.63) is 35.4 Å². The normalized spacial score (nSPS) is 22.0. The van der Waals surface area contributed by atoms with Crippen molar-refractivity contribution in [3.63, 3.8) is 0 Å². The van der Waals surface area contributed by atoms with Crippen LogP contribution in [0.2, 0.25) is 0 Å². The summed E-state index contributed by atoms with van der Waals surface area (Å²) in [6.45, 7) is 9.36. The summed E-state index contributed by atoms with van der Waals surface area (Å²) in [6.07, 6.45) is 3.71. The van der Waals surface area contributed by atoms with Crippen LogP contribution in [0.4, 0.5) is 0 Å². The Morgan fingerprint density at radius 1 is 1.15 bits per heavy atom. The van der Waals surface area contributed by atoms with Gasteiger partial charge in [0.25, 0.3) is 0 Å². The molecule has 2 nitrogen and oxygen atoms in total. The molecule has 0 amide bonds. The van der Waals surface area contributed by atoms with E-state index in [9.17, 15) is 0 Å². The molecule has 0 bridgehead atoms. The highest BCUT2D eigenvalue weighted by molar-refractivity contribution is 5.26. The second kappa shape index (κ2) is 7.80. The van der Waals surface area contributed by atoms with Crippen molar-refractivity contribution in [2.75, 3.05) is 19.8 Å².